The molecule has 4 heteroatoms. The summed E-state index contributed by atoms with van der Waals surface area (Å²) in [5.41, 5.74) is 0. The van der Waals surface area contributed by atoms with Crippen LogP contribution in [0.3, 0.4) is 0 Å². The van der Waals surface area contributed by atoms with E-state index in [-0.39, 0.29) is 0 Å². The number of nitrogens with one attached hydrogen (secondary N) is 1. The molecule has 0 aromatic carbocycles. The van der Waals surface area contributed by atoms with Crippen LogP contribution >= 0.6 is 27.3 Å². The second-order valence-corrected chi connectivity index (χ2v) is 5.55. The maximum absolute atomic E-state index is 4.29. The van der Waals surface area contributed by atoms with E-state index in [2.05, 4.69) is 50.7 Å². The summed E-state index contributed by atoms with van der Waals surface area (Å²) < 4.78 is 1.01. The Morgan fingerprint density at radius 1 is 1.44 bits per heavy atom. The van der Waals surface area contributed by atoms with Gasteiger partial charge >= 0.3 is 0 Å². The average molecular weight is 297 g/mol. The Kier molecular flexibility index (Phi) is 3.96. The van der Waals surface area contributed by atoms with Gasteiger partial charge in [0.15, 0.2) is 0 Å². The first-order valence-corrected chi connectivity index (χ1v) is 6.82. The second kappa shape index (κ2) is 5.46. The molecule has 1 atom stereocenters. The van der Waals surface area contributed by atoms with E-state index in [0.29, 0.717) is 6.04 Å². The van der Waals surface area contributed by atoms with Gasteiger partial charge in [-0.1, -0.05) is 6.07 Å². The lowest BCUT2D eigenvalue weighted by Gasteiger charge is -2.14. The predicted octanol–water partition coefficient (Wildman–Crippen LogP) is 3.95. The van der Waals surface area contributed by atoms with Gasteiger partial charge in [-0.15, -0.1) is 11.3 Å². The van der Waals surface area contributed by atoms with Crippen molar-refractivity contribution in [3.05, 3.63) is 45.2 Å². The summed E-state index contributed by atoms with van der Waals surface area (Å²) in [4.78, 5) is 5.69. The molecule has 0 saturated heterocycles. The number of pyridine rings is 1. The zero-order chi connectivity index (χ0) is 11.4. The van der Waals surface area contributed by atoms with E-state index in [1.807, 2.05) is 12.1 Å². The Balaban J connectivity index is 1.97. The van der Waals surface area contributed by atoms with Crippen LogP contribution in [0.15, 0.2) is 40.3 Å². The molecule has 2 aromatic rings. The molecule has 2 rings (SSSR count). The lowest BCUT2D eigenvalue weighted by atomic mass is 10.2. The van der Waals surface area contributed by atoms with Gasteiger partial charge in [-0.25, -0.2) is 4.98 Å². The molecular formula is C12H13BrN2S. The summed E-state index contributed by atoms with van der Waals surface area (Å²) in [6.07, 6.45) is 2.83. The Hall–Kier alpha value is -0.870. The van der Waals surface area contributed by atoms with Gasteiger partial charge in [0.25, 0.3) is 0 Å². The Morgan fingerprint density at radius 3 is 3.00 bits per heavy atom. The van der Waals surface area contributed by atoms with Crippen LogP contribution in [0.1, 0.15) is 11.8 Å². The maximum atomic E-state index is 4.29. The average Bonchev–Trinajstić information content (AvgIpc) is 2.74. The summed E-state index contributed by atoms with van der Waals surface area (Å²) in [5.74, 6) is 0.909. The molecule has 0 amide bonds. The van der Waals surface area contributed by atoms with Crippen LogP contribution in [0.5, 0.6) is 0 Å². The highest BCUT2D eigenvalue weighted by molar-refractivity contribution is 9.10. The fourth-order valence-corrected chi connectivity index (χ4v) is 2.71. The van der Waals surface area contributed by atoms with Gasteiger partial charge in [-0.05, 0) is 46.4 Å². The van der Waals surface area contributed by atoms with E-state index < -0.39 is 0 Å². The van der Waals surface area contributed by atoms with E-state index >= 15 is 0 Å². The van der Waals surface area contributed by atoms with E-state index in [9.17, 15) is 0 Å². The SMILES string of the molecule is CC(Cc1cccs1)Nc1ncccc1Br. The highest BCUT2D eigenvalue weighted by Crippen LogP contribution is 2.20. The number of halogens is 1. The smallest absolute Gasteiger partial charge is 0.140 e. The van der Waals surface area contributed by atoms with E-state index in [1.165, 1.54) is 4.88 Å². The zero-order valence-corrected chi connectivity index (χ0v) is 11.4. The number of aromatic nitrogens is 1. The molecular weight excluding hydrogens is 284 g/mol. The van der Waals surface area contributed by atoms with Crippen LogP contribution < -0.4 is 5.32 Å². The first-order valence-electron chi connectivity index (χ1n) is 5.15. The standard InChI is InChI=1S/C12H13BrN2S/c1-9(8-10-4-3-7-16-10)15-12-11(13)5-2-6-14-12/h2-7,9H,8H2,1H3,(H,14,15). The number of hydrogen-bond donors (Lipinski definition) is 1. The van der Waals surface area contributed by atoms with Crippen LogP contribution in [-0.2, 0) is 6.42 Å². The van der Waals surface area contributed by atoms with Gasteiger partial charge in [0.05, 0.1) is 4.47 Å². The van der Waals surface area contributed by atoms with Gasteiger partial charge in [-0.3, -0.25) is 0 Å². The van der Waals surface area contributed by atoms with Crippen molar-refractivity contribution in [2.24, 2.45) is 0 Å². The van der Waals surface area contributed by atoms with E-state index in [1.54, 1.807) is 17.5 Å². The molecule has 0 saturated carbocycles. The third-order valence-electron chi connectivity index (χ3n) is 2.23. The summed E-state index contributed by atoms with van der Waals surface area (Å²) in [6.45, 7) is 2.17. The first kappa shape index (κ1) is 11.6. The largest absolute Gasteiger partial charge is 0.366 e. The summed E-state index contributed by atoms with van der Waals surface area (Å²) >= 11 is 5.27. The van der Waals surface area contributed by atoms with Crippen molar-refractivity contribution >= 4 is 33.1 Å². The van der Waals surface area contributed by atoms with Gasteiger partial charge in [0.2, 0.25) is 0 Å². The molecule has 0 spiro atoms. The molecule has 0 fully saturated rings. The van der Waals surface area contributed by atoms with E-state index in [4.69, 9.17) is 0 Å². The van der Waals surface area contributed by atoms with Crippen molar-refractivity contribution < 1.29 is 0 Å². The quantitative estimate of drug-likeness (QED) is 0.924. The van der Waals surface area contributed by atoms with Crippen molar-refractivity contribution in [1.82, 2.24) is 4.98 Å². The minimum Gasteiger partial charge on any atom is -0.366 e. The minimum absolute atomic E-state index is 0.379. The first-order chi connectivity index (χ1) is 7.75. The summed E-state index contributed by atoms with van der Waals surface area (Å²) in [7, 11) is 0. The lowest BCUT2D eigenvalue weighted by Crippen LogP contribution is -2.18. The Labute approximate surface area is 108 Å². The monoisotopic (exact) mass is 296 g/mol. The normalized spacial score (nSPS) is 12.4. The number of rotatable bonds is 4. The molecule has 2 aromatic heterocycles. The van der Waals surface area contributed by atoms with Crippen molar-refractivity contribution in [2.75, 3.05) is 5.32 Å². The Morgan fingerprint density at radius 2 is 2.31 bits per heavy atom. The van der Waals surface area contributed by atoms with Crippen molar-refractivity contribution in [3.63, 3.8) is 0 Å². The van der Waals surface area contributed by atoms with Crippen LogP contribution in [0, 0.1) is 0 Å². The third-order valence-corrected chi connectivity index (χ3v) is 3.77. The van der Waals surface area contributed by atoms with Crippen molar-refractivity contribution in [2.45, 2.75) is 19.4 Å². The number of nitrogens with zero attached hydrogens (tertiary/aromatic N) is 1. The molecule has 0 radical (unpaired) electrons. The molecule has 0 aliphatic heterocycles. The van der Waals surface area contributed by atoms with Crippen LogP contribution in [0.4, 0.5) is 5.82 Å². The number of hydrogen-bond acceptors (Lipinski definition) is 3. The minimum atomic E-state index is 0.379. The summed E-state index contributed by atoms with van der Waals surface area (Å²) in [5, 5.41) is 5.51. The summed E-state index contributed by atoms with van der Waals surface area (Å²) in [6, 6.07) is 8.54. The van der Waals surface area contributed by atoms with Gasteiger partial charge in [0, 0.05) is 23.5 Å². The number of thiophene rings is 1. The molecule has 0 aliphatic carbocycles. The molecule has 2 heterocycles. The fourth-order valence-electron chi connectivity index (χ4n) is 1.51. The molecule has 1 unspecified atom stereocenters. The van der Waals surface area contributed by atoms with E-state index in [0.717, 1.165) is 16.7 Å². The third kappa shape index (κ3) is 3.06. The molecule has 16 heavy (non-hydrogen) atoms. The van der Waals surface area contributed by atoms with Crippen molar-refractivity contribution in [3.8, 4) is 0 Å². The molecule has 0 bridgehead atoms. The Bertz CT molecular complexity index is 442. The van der Waals surface area contributed by atoms with Gasteiger partial charge < -0.3 is 5.32 Å². The highest BCUT2D eigenvalue weighted by atomic mass is 79.9. The number of anilines is 1. The van der Waals surface area contributed by atoms with Gasteiger partial charge in [0.1, 0.15) is 5.82 Å². The topological polar surface area (TPSA) is 24.9 Å². The lowest BCUT2D eigenvalue weighted by molar-refractivity contribution is 0.793. The van der Waals surface area contributed by atoms with Crippen LogP contribution in [-0.4, -0.2) is 11.0 Å². The molecule has 0 aliphatic rings. The van der Waals surface area contributed by atoms with Crippen molar-refractivity contribution in [1.29, 1.82) is 0 Å². The zero-order valence-electron chi connectivity index (χ0n) is 8.98. The predicted molar refractivity (Wildman–Crippen MR) is 73.0 cm³/mol. The fraction of sp³-hybridized carbons (Fsp3) is 0.250. The van der Waals surface area contributed by atoms with Crippen LogP contribution in [0.2, 0.25) is 0 Å². The van der Waals surface area contributed by atoms with Gasteiger partial charge in [-0.2, -0.15) is 0 Å². The second-order valence-electron chi connectivity index (χ2n) is 3.66. The molecule has 2 nitrogen and oxygen atoms in total. The molecule has 84 valence electrons. The highest BCUT2D eigenvalue weighted by Gasteiger charge is 2.07. The molecule has 1 N–H and O–H groups in total. The van der Waals surface area contributed by atoms with Crippen LogP contribution in [0.25, 0.3) is 0 Å². The maximum Gasteiger partial charge on any atom is 0.140 e.